The monoisotopic (exact) mass is 354 g/mol. The number of ketones is 1. The van der Waals surface area contributed by atoms with E-state index < -0.39 is 6.04 Å². The predicted octanol–water partition coefficient (Wildman–Crippen LogP) is 0.987. The number of imide groups is 1. The number of amides is 2. The summed E-state index contributed by atoms with van der Waals surface area (Å²) in [7, 11) is 1.54. The largest absolute Gasteiger partial charge is 0.496 e. The van der Waals surface area contributed by atoms with Crippen LogP contribution in [0.1, 0.15) is 17.3 Å². The molecule has 1 aromatic carbocycles. The van der Waals surface area contributed by atoms with Gasteiger partial charge in [-0.3, -0.25) is 24.6 Å². The number of hydrogen-bond acceptors (Lipinski definition) is 5. The van der Waals surface area contributed by atoms with Crippen LogP contribution in [0.3, 0.4) is 0 Å². The van der Waals surface area contributed by atoms with Crippen molar-refractivity contribution in [1.82, 2.24) is 10.2 Å². The highest BCUT2D eigenvalue weighted by molar-refractivity contribution is 9.10. The third kappa shape index (κ3) is 3.48. The van der Waals surface area contributed by atoms with Crippen LogP contribution in [-0.2, 0) is 9.59 Å². The van der Waals surface area contributed by atoms with E-state index in [0.717, 1.165) is 0 Å². The van der Waals surface area contributed by atoms with Crippen LogP contribution in [0.4, 0.5) is 0 Å². The van der Waals surface area contributed by atoms with Gasteiger partial charge in [-0.05, 0) is 41.1 Å². The lowest BCUT2D eigenvalue weighted by Gasteiger charge is -2.30. The average molecular weight is 355 g/mol. The highest BCUT2D eigenvalue weighted by Gasteiger charge is 2.31. The summed E-state index contributed by atoms with van der Waals surface area (Å²) in [6.07, 6.45) is 0. The van der Waals surface area contributed by atoms with Crippen molar-refractivity contribution in [1.29, 1.82) is 0 Å². The smallest absolute Gasteiger partial charge is 0.243 e. The predicted molar refractivity (Wildman–Crippen MR) is 79.2 cm³/mol. The first-order chi connectivity index (χ1) is 9.92. The molecule has 1 fully saturated rings. The van der Waals surface area contributed by atoms with Crippen LogP contribution in [0.15, 0.2) is 22.7 Å². The Morgan fingerprint density at radius 3 is 2.81 bits per heavy atom. The zero-order chi connectivity index (χ0) is 15.6. The molecule has 1 atom stereocenters. The molecule has 2 rings (SSSR count). The first-order valence-corrected chi connectivity index (χ1v) is 7.16. The van der Waals surface area contributed by atoms with Crippen LogP contribution in [-0.4, -0.2) is 48.7 Å². The van der Waals surface area contributed by atoms with Gasteiger partial charge in [0, 0.05) is 5.56 Å². The Hall–Kier alpha value is -1.73. The minimum absolute atomic E-state index is 0.0130. The highest BCUT2D eigenvalue weighted by atomic mass is 79.9. The Morgan fingerprint density at radius 2 is 2.19 bits per heavy atom. The van der Waals surface area contributed by atoms with Crippen LogP contribution < -0.4 is 10.1 Å². The van der Waals surface area contributed by atoms with E-state index in [2.05, 4.69) is 21.2 Å². The van der Waals surface area contributed by atoms with Gasteiger partial charge < -0.3 is 4.74 Å². The van der Waals surface area contributed by atoms with Gasteiger partial charge in [0.2, 0.25) is 11.8 Å². The van der Waals surface area contributed by atoms with Gasteiger partial charge in [-0.1, -0.05) is 0 Å². The number of benzene rings is 1. The maximum Gasteiger partial charge on any atom is 0.243 e. The zero-order valence-corrected chi connectivity index (χ0v) is 13.3. The number of halogens is 1. The molecule has 0 aliphatic carbocycles. The van der Waals surface area contributed by atoms with E-state index in [1.54, 1.807) is 37.1 Å². The van der Waals surface area contributed by atoms with Gasteiger partial charge in [-0.15, -0.1) is 0 Å². The van der Waals surface area contributed by atoms with Gasteiger partial charge in [0.25, 0.3) is 0 Å². The molecule has 1 heterocycles. The summed E-state index contributed by atoms with van der Waals surface area (Å²) in [4.78, 5) is 36.8. The molecule has 1 aromatic rings. The van der Waals surface area contributed by atoms with E-state index >= 15 is 0 Å². The highest BCUT2D eigenvalue weighted by Crippen LogP contribution is 2.25. The molecule has 1 unspecified atom stereocenters. The Balaban J connectivity index is 2.12. The molecule has 2 amide bonds. The third-order valence-electron chi connectivity index (χ3n) is 3.36. The van der Waals surface area contributed by atoms with Crippen molar-refractivity contribution in [2.75, 3.05) is 20.2 Å². The molecule has 1 aliphatic heterocycles. The molecule has 0 aromatic heterocycles. The summed E-state index contributed by atoms with van der Waals surface area (Å²) in [6.45, 7) is 1.72. The lowest BCUT2D eigenvalue weighted by Crippen LogP contribution is -2.57. The summed E-state index contributed by atoms with van der Waals surface area (Å²) < 4.78 is 5.79. The van der Waals surface area contributed by atoms with Crippen molar-refractivity contribution in [3.8, 4) is 5.75 Å². The van der Waals surface area contributed by atoms with Crippen LogP contribution in [0.2, 0.25) is 0 Å². The van der Waals surface area contributed by atoms with Crippen molar-refractivity contribution >= 4 is 33.5 Å². The lowest BCUT2D eigenvalue weighted by molar-refractivity contribution is -0.139. The summed E-state index contributed by atoms with van der Waals surface area (Å²) in [6, 6.07) is 4.50. The fourth-order valence-electron chi connectivity index (χ4n) is 2.08. The standard InChI is InChI=1S/C14H15BrN2O4/c1-8-14(20)16-13(19)7-17(8)6-11(18)9-3-4-12(21-2)10(15)5-9/h3-5,8H,6-7H2,1-2H3,(H,16,19,20). The minimum Gasteiger partial charge on any atom is -0.496 e. The molecule has 112 valence electrons. The molecule has 1 N–H and O–H groups in total. The lowest BCUT2D eigenvalue weighted by atomic mass is 10.1. The second-order valence-corrected chi connectivity index (χ2v) is 5.62. The molecule has 0 radical (unpaired) electrons. The maximum atomic E-state index is 12.3. The summed E-state index contributed by atoms with van der Waals surface area (Å²) in [5.74, 6) is -0.295. The number of piperazine rings is 1. The number of rotatable bonds is 4. The molecular weight excluding hydrogens is 340 g/mol. The van der Waals surface area contributed by atoms with Gasteiger partial charge in [-0.25, -0.2) is 0 Å². The van der Waals surface area contributed by atoms with Gasteiger partial charge in [0.15, 0.2) is 5.78 Å². The van der Waals surface area contributed by atoms with Crippen LogP contribution in [0, 0.1) is 0 Å². The second-order valence-electron chi connectivity index (χ2n) is 4.77. The summed E-state index contributed by atoms with van der Waals surface area (Å²) in [5.41, 5.74) is 0.494. The van der Waals surface area contributed by atoms with E-state index in [4.69, 9.17) is 4.74 Å². The molecule has 0 bridgehead atoms. The van der Waals surface area contributed by atoms with Crippen LogP contribution in [0.25, 0.3) is 0 Å². The topological polar surface area (TPSA) is 75.7 Å². The Morgan fingerprint density at radius 1 is 1.48 bits per heavy atom. The van der Waals surface area contributed by atoms with Crippen molar-refractivity contribution < 1.29 is 19.1 Å². The molecular formula is C14H15BrN2O4. The van der Waals surface area contributed by atoms with E-state index in [1.807, 2.05) is 0 Å². The third-order valence-corrected chi connectivity index (χ3v) is 3.98. The molecule has 21 heavy (non-hydrogen) atoms. The quantitative estimate of drug-likeness (QED) is 0.644. The zero-order valence-electron chi connectivity index (χ0n) is 11.7. The molecule has 7 heteroatoms. The molecule has 0 saturated carbocycles. The van der Waals surface area contributed by atoms with Gasteiger partial charge >= 0.3 is 0 Å². The minimum atomic E-state index is -0.506. The van der Waals surface area contributed by atoms with Gasteiger partial charge in [-0.2, -0.15) is 0 Å². The number of methoxy groups -OCH3 is 1. The Bertz CT molecular complexity index is 603. The number of ether oxygens (including phenoxy) is 1. The number of hydrogen-bond donors (Lipinski definition) is 1. The fraction of sp³-hybridized carbons (Fsp3) is 0.357. The molecule has 0 spiro atoms. The van der Waals surface area contributed by atoms with Crippen LogP contribution >= 0.6 is 15.9 Å². The van der Waals surface area contributed by atoms with E-state index in [0.29, 0.717) is 15.8 Å². The average Bonchev–Trinajstić information content (AvgIpc) is 2.44. The molecule has 6 nitrogen and oxygen atoms in total. The van der Waals surface area contributed by atoms with E-state index in [1.165, 1.54) is 0 Å². The first kappa shape index (κ1) is 15.7. The van der Waals surface area contributed by atoms with Crippen molar-refractivity contribution in [3.05, 3.63) is 28.2 Å². The normalized spacial score (nSPS) is 19.3. The molecule has 1 saturated heterocycles. The van der Waals surface area contributed by atoms with E-state index in [9.17, 15) is 14.4 Å². The SMILES string of the molecule is COc1ccc(C(=O)CN2CC(=O)NC(=O)C2C)cc1Br. The number of carbonyl (C=O) groups excluding carboxylic acids is 3. The van der Waals surface area contributed by atoms with Crippen molar-refractivity contribution in [2.24, 2.45) is 0 Å². The Kier molecular flexibility index (Phi) is 4.74. The van der Waals surface area contributed by atoms with E-state index in [-0.39, 0.29) is 30.7 Å². The number of nitrogens with zero attached hydrogens (tertiary/aromatic N) is 1. The number of carbonyl (C=O) groups is 3. The summed E-state index contributed by atoms with van der Waals surface area (Å²) in [5, 5.41) is 2.24. The van der Waals surface area contributed by atoms with Gasteiger partial charge in [0.1, 0.15) is 5.75 Å². The fourth-order valence-corrected chi connectivity index (χ4v) is 2.62. The maximum absolute atomic E-state index is 12.3. The second kappa shape index (κ2) is 6.36. The van der Waals surface area contributed by atoms with Crippen molar-refractivity contribution in [3.63, 3.8) is 0 Å². The van der Waals surface area contributed by atoms with Crippen molar-refractivity contribution in [2.45, 2.75) is 13.0 Å². The number of Topliss-reactive ketones (excluding diaryl/α,β-unsaturated/α-hetero) is 1. The first-order valence-electron chi connectivity index (χ1n) is 6.37. The molecule has 1 aliphatic rings. The van der Waals surface area contributed by atoms with Crippen LogP contribution in [0.5, 0.6) is 5.75 Å². The Labute approximate surface area is 130 Å². The summed E-state index contributed by atoms with van der Waals surface area (Å²) >= 11 is 3.32. The number of nitrogens with one attached hydrogen (secondary N) is 1. The van der Waals surface area contributed by atoms with Gasteiger partial charge in [0.05, 0.1) is 30.7 Å².